The van der Waals surface area contributed by atoms with Crippen LogP contribution in [0.25, 0.3) is 0 Å². The number of nitro benzene ring substituents is 1. The van der Waals surface area contributed by atoms with E-state index < -0.39 is 4.92 Å². The molecule has 0 radical (unpaired) electrons. The molecule has 5 heteroatoms. The molecule has 1 rings (SSSR count). The number of nitrogens with zero attached hydrogens (tertiary/aromatic N) is 1. The summed E-state index contributed by atoms with van der Waals surface area (Å²) in [7, 11) is 0. The first-order valence-corrected chi connectivity index (χ1v) is 2.83. The summed E-state index contributed by atoms with van der Waals surface area (Å²) in [6, 6.07) is 7.93. The van der Waals surface area contributed by atoms with Gasteiger partial charge in [0.25, 0.3) is 5.69 Å². The van der Waals surface area contributed by atoms with Crippen LogP contribution < -0.4 is 11.7 Å². The Morgan fingerprint density at radius 2 is 1.64 bits per heavy atom. The quantitative estimate of drug-likeness (QED) is 0.349. The molecule has 0 amide bonds. The molecular weight excluding hydrogens is 146 g/mol. The van der Waals surface area contributed by atoms with Crippen LogP contribution in [0, 0.1) is 10.1 Å². The minimum Gasteiger partial charge on any atom is -0.274 e. The van der Waals surface area contributed by atoms with Crippen LogP contribution in [0.2, 0.25) is 0 Å². The van der Waals surface area contributed by atoms with Crippen molar-refractivity contribution in [2.75, 3.05) is 0 Å². The second-order valence-corrected chi connectivity index (χ2v) is 1.59. The number of non-ortho nitro benzene ring substituents is 1. The maximum Gasteiger partial charge on any atom is 0.269 e. The number of benzene rings is 1. The Morgan fingerprint density at radius 1 is 1.18 bits per heavy atom. The second kappa shape index (κ2) is 5.33. The van der Waals surface area contributed by atoms with Gasteiger partial charge in [-0.05, 0) is 0 Å². The Labute approximate surface area is 63.7 Å². The first kappa shape index (κ1) is 9.54. The summed E-state index contributed by atoms with van der Waals surface area (Å²) >= 11 is 0. The van der Waals surface area contributed by atoms with E-state index in [4.69, 9.17) is 0 Å². The highest BCUT2D eigenvalue weighted by Crippen LogP contribution is 2.06. The molecule has 5 nitrogen and oxygen atoms in total. The molecule has 0 aromatic heterocycles. The Balaban J connectivity index is 0.000000461. The maximum absolute atomic E-state index is 10.0. The van der Waals surface area contributed by atoms with Gasteiger partial charge in [0.2, 0.25) is 0 Å². The molecule has 0 heterocycles. The molecule has 1 aromatic carbocycles. The highest BCUT2D eigenvalue weighted by Gasteiger charge is 1.98. The number of nitro groups is 1. The zero-order chi connectivity index (χ0) is 8.69. The minimum atomic E-state index is -0.417. The number of hydrazine groups is 1. The lowest BCUT2D eigenvalue weighted by molar-refractivity contribution is -0.384. The molecule has 0 bridgehead atoms. The van der Waals surface area contributed by atoms with E-state index in [2.05, 4.69) is 11.7 Å². The Bertz CT molecular complexity index is 212. The van der Waals surface area contributed by atoms with Crippen LogP contribution in [0.5, 0.6) is 0 Å². The average molecular weight is 155 g/mol. The Kier molecular flexibility index (Phi) is 4.63. The Morgan fingerprint density at radius 3 is 1.91 bits per heavy atom. The van der Waals surface area contributed by atoms with Gasteiger partial charge >= 0.3 is 0 Å². The van der Waals surface area contributed by atoms with Crippen LogP contribution in [0.4, 0.5) is 5.69 Å². The van der Waals surface area contributed by atoms with Crippen molar-refractivity contribution in [1.29, 1.82) is 0 Å². The van der Waals surface area contributed by atoms with Gasteiger partial charge in [-0.2, -0.15) is 0 Å². The number of hydrogen-bond acceptors (Lipinski definition) is 4. The topological polar surface area (TPSA) is 95.2 Å². The van der Waals surface area contributed by atoms with Crippen molar-refractivity contribution in [2.24, 2.45) is 11.7 Å². The Hall–Kier alpha value is -1.46. The van der Waals surface area contributed by atoms with Gasteiger partial charge in [-0.1, -0.05) is 18.2 Å². The summed E-state index contributed by atoms with van der Waals surface area (Å²) in [6.45, 7) is 0. The van der Waals surface area contributed by atoms with Crippen molar-refractivity contribution in [3.05, 3.63) is 40.4 Å². The zero-order valence-corrected chi connectivity index (χ0v) is 5.81. The van der Waals surface area contributed by atoms with Crippen molar-refractivity contribution in [1.82, 2.24) is 0 Å². The van der Waals surface area contributed by atoms with Gasteiger partial charge < -0.3 is 0 Å². The van der Waals surface area contributed by atoms with Gasteiger partial charge in [0.1, 0.15) is 0 Å². The summed E-state index contributed by atoms with van der Waals surface area (Å²) in [5, 5.41) is 10.0. The molecule has 0 saturated heterocycles. The molecule has 0 unspecified atom stereocenters. The fraction of sp³-hybridized carbons (Fsp3) is 0. The van der Waals surface area contributed by atoms with Crippen LogP contribution in [-0.2, 0) is 0 Å². The highest BCUT2D eigenvalue weighted by molar-refractivity contribution is 5.27. The van der Waals surface area contributed by atoms with Crippen molar-refractivity contribution in [3.8, 4) is 0 Å². The highest BCUT2D eigenvalue weighted by atomic mass is 16.6. The molecule has 60 valence electrons. The van der Waals surface area contributed by atoms with Crippen LogP contribution in [0.15, 0.2) is 30.3 Å². The predicted octanol–water partition coefficient (Wildman–Crippen LogP) is 0.414. The minimum absolute atomic E-state index is 0.137. The number of hydrogen-bond donors (Lipinski definition) is 2. The molecule has 0 atom stereocenters. The zero-order valence-electron chi connectivity index (χ0n) is 5.81. The van der Waals surface area contributed by atoms with Crippen molar-refractivity contribution in [3.63, 3.8) is 0 Å². The molecule has 0 aliphatic carbocycles. The molecule has 0 fully saturated rings. The molecule has 11 heavy (non-hydrogen) atoms. The summed E-state index contributed by atoms with van der Waals surface area (Å²) < 4.78 is 0. The summed E-state index contributed by atoms with van der Waals surface area (Å²) in [5.74, 6) is 8.00. The first-order chi connectivity index (χ1) is 5.30. The third-order valence-electron chi connectivity index (χ3n) is 0.967. The SMILES string of the molecule is NN.O=[N+]([O-])c1ccccc1. The third-order valence-corrected chi connectivity index (χ3v) is 0.967. The monoisotopic (exact) mass is 155 g/mol. The lowest BCUT2D eigenvalue weighted by Gasteiger charge is -1.85. The van der Waals surface area contributed by atoms with Gasteiger partial charge in [-0.15, -0.1) is 0 Å². The number of para-hydroxylation sites is 1. The van der Waals surface area contributed by atoms with Gasteiger partial charge in [0.15, 0.2) is 0 Å². The van der Waals surface area contributed by atoms with E-state index in [9.17, 15) is 10.1 Å². The van der Waals surface area contributed by atoms with Crippen LogP contribution in [0.3, 0.4) is 0 Å². The van der Waals surface area contributed by atoms with E-state index in [-0.39, 0.29) is 5.69 Å². The molecule has 0 aliphatic heterocycles. The number of rotatable bonds is 1. The molecule has 0 aliphatic rings. The summed E-state index contributed by atoms with van der Waals surface area (Å²) in [6.07, 6.45) is 0. The average Bonchev–Trinajstić information content (AvgIpc) is 2.10. The lowest BCUT2D eigenvalue weighted by atomic mass is 10.3. The fourth-order valence-corrected chi connectivity index (χ4v) is 0.550. The summed E-state index contributed by atoms with van der Waals surface area (Å²) in [5.41, 5.74) is 0.137. The van der Waals surface area contributed by atoms with Gasteiger partial charge in [-0.3, -0.25) is 21.8 Å². The predicted molar refractivity (Wildman–Crippen MR) is 41.5 cm³/mol. The van der Waals surface area contributed by atoms with Crippen molar-refractivity contribution < 1.29 is 4.92 Å². The number of nitrogens with two attached hydrogens (primary N) is 2. The largest absolute Gasteiger partial charge is 0.274 e. The van der Waals surface area contributed by atoms with Gasteiger partial charge in [-0.25, -0.2) is 0 Å². The van der Waals surface area contributed by atoms with Crippen LogP contribution in [0.1, 0.15) is 0 Å². The standard InChI is InChI=1S/C6H5NO2.H4N2/c8-7(9)6-4-2-1-3-5-6;1-2/h1-5H;1-2H2. The van der Waals surface area contributed by atoms with E-state index >= 15 is 0 Å². The molecule has 1 aromatic rings. The van der Waals surface area contributed by atoms with Gasteiger partial charge in [0.05, 0.1) is 4.92 Å². The van der Waals surface area contributed by atoms with E-state index in [1.807, 2.05) is 0 Å². The van der Waals surface area contributed by atoms with E-state index in [1.165, 1.54) is 12.1 Å². The third kappa shape index (κ3) is 3.29. The van der Waals surface area contributed by atoms with Crippen LogP contribution >= 0.6 is 0 Å². The second-order valence-electron chi connectivity index (χ2n) is 1.59. The smallest absolute Gasteiger partial charge is 0.269 e. The maximum atomic E-state index is 10.0. The fourth-order valence-electron chi connectivity index (χ4n) is 0.550. The molecule has 0 spiro atoms. The molecule has 4 N–H and O–H groups in total. The van der Waals surface area contributed by atoms with Crippen molar-refractivity contribution >= 4 is 5.69 Å². The normalized spacial score (nSPS) is 7.82. The van der Waals surface area contributed by atoms with E-state index in [0.29, 0.717) is 0 Å². The van der Waals surface area contributed by atoms with E-state index in [0.717, 1.165) is 0 Å². The molecule has 0 saturated carbocycles. The van der Waals surface area contributed by atoms with Crippen molar-refractivity contribution in [2.45, 2.75) is 0 Å². The van der Waals surface area contributed by atoms with Gasteiger partial charge in [0, 0.05) is 12.1 Å². The van der Waals surface area contributed by atoms with Crippen LogP contribution in [-0.4, -0.2) is 4.92 Å². The lowest BCUT2D eigenvalue weighted by Crippen LogP contribution is -2.02. The first-order valence-electron chi connectivity index (χ1n) is 2.83. The summed E-state index contributed by atoms with van der Waals surface area (Å²) in [4.78, 5) is 9.59. The van der Waals surface area contributed by atoms with E-state index in [1.54, 1.807) is 18.2 Å². The molecular formula is C6H9N3O2.